The summed E-state index contributed by atoms with van der Waals surface area (Å²) in [5, 5.41) is 7.10. The second-order valence-electron chi connectivity index (χ2n) is 4.96. The molecule has 2 heterocycles. The average molecular weight is 238 g/mol. The van der Waals surface area contributed by atoms with Crippen molar-refractivity contribution in [1.82, 2.24) is 20.3 Å². The number of aromatic nitrogens is 1. The van der Waals surface area contributed by atoms with Gasteiger partial charge in [0, 0.05) is 31.7 Å². The molecule has 0 amide bonds. The first-order chi connectivity index (χ1) is 8.19. The van der Waals surface area contributed by atoms with Crippen LogP contribution in [0.2, 0.25) is 0 Å². The number of likely N-dealkylation sites (tertiary alicyclic amines) is 1. The van der Waals surface area contributed by atoms with Crippen LogP contribution in [0.1, 0.15) is 17.9 Å². The number of nitrogens with zero attached hydrogens (tertiary/aromatic N) is 3. The van der Waals surface area contributed by atoms with Crippen molar-refractivity contribution < 1.29 is 4.52 Å². The van der Waals surface area contributed by atoms with Crippen LogP contribution in [0.15, 0.2) is 10.6 Å². The van der Waals surface area contributed by atoms with Crippen molar-refractivity contribution in [3.63, 3.8) is 0 Å². The highest BCUT2D eigenvalue weighted by molar-refractivity contribution is 5.05. The molecule has 1 fully saturated rings. The van der Waals surface area contributed by atoms with Gasteiger partial charge < -0.3 is 14.7 Å². The lowest BCUT2D eigenvalue weighted by Crippen LogP contribution is -2.31. The minimum atomic E-state index is 0.676. The van der Waals surface area contributed by atoms with Gasteiger partial charge in [-0.25, -0.2) is 0 Å². The Morgan fingerprint density at radius 3 is 3.06 bits per heavy atom. The third-order valence-corrected chi connectivity index (χ3v) is 3.32. The summed E-state index contributed by atoms with van der Waals surface area (Å²) >= 11 is 0. The molecule has 17 heavy (non-hydrogen) atoms. The Labute approximate surface area is 103 Å². The second kappa shape index (κ2) is 5.62. The number of hydrogen-bond acceptors (Lipinski definition) is 5. The highest BCUT2D eigenvalue weighted by atomic mass is 16.5. The minimum absolute atomic E-state index is 0.676. The van der Waals surface area contributed by atoms with E-state index in [-0.39, 0.29) is 0 Å². The monoisotopic (exact) mass is 238 g/mol. The van der Waals surface area contributed by atoms with Gasteiger partial charge >= 0.3 is 0 Å². The zero-order valence-corrected chi connectivity index (χ0v) is 10.9. The van der Waals surface area contributed by atoms with Gasteiger partial charge in [0.1, 0.15) is 0 Å². The van der Waals surface area contributed by atoms with E-state index in [0.717, 1.165) is 37.6 Å². The van der Waals surface area contributed by atoms with Gasteiger partial charge in [0.15, 0.2) is 5.76 Å². The zero-order chi connectivity index (χ0) is 12.3. The first-order valence-electron chi connectivity index (χ1n) is 6.17. The molecule has 0 bridgehead atoms. The number of likely N-dealkylation sites (N-methyl/N-ethyl adjacent to an activating group) is 1. The normalized spacial score (nSPS) is 21.5. The Hall–Kier alpha value is -0.910. The minimum Gasteiger partial charge on any atom is -0.360 e. The lowest BCUT2D eigenvalue weighted by Gasteiger charge is -2.19. The molecule has 1 saturated heterocycles. The molecule has 1 unspecified atom stereocenters. The second-order valence-corrected chi connectivity index (χ2v) is 4.96. The summed E-state index contributed by atoms with van der Waals surface area (Å²) in [6.07, 6.45) is 1.24. The zero-order valence-electron chi connectivity index (χ0n) is 10.9. The topological polar surface area (TPSA) is 44.5 Å². The van der Waals surface area contributed by atoms with E-state index >= 15 is 0 Å². The first kappa shape index (κ1) is 12.5. The van der Waals surface area contributed by atoms with Gasteiger partial charge in [-0.3, -0.25) is 4.90 Å². The molecule has 0 aromatic carbocycles. The fraction of sp³-hybridized carbons (Fsp3) is 0.750. The molecular weight excluding hydrogens is 216 g/mol. The average Bonchev–Trinajstić information content (AvgIpc) is 2.89. The molecule has 2 rings (SSSR count). The van der Waals surface area contributed by atoms with Crippen molar-refractivity contribution in [1.29, 1.82) is 0 Å². The fourth-order valence-corrected chi connectivity index (χ4v) is 2.29. The Kier molecular flexibility index (Phi) is 4.15. The van der Waals surface area contributed by atoms with Crippen molar-refractivity contribution in [2.24, 2.45) is 0 Å². The molecule has 0 aliphatic carbocycles. The summed E-state index contributed by atoms with van der Waals surface area (Å²) in [6, 6.07) is 2.72. The van der Waals surface area contributed by atoms with E-state index in [1.165, 1.54) is 6.42 Å². The lowest BCUT2D eigenvalue weighted by molar-refractivity contribution is 0.241. The number of hydrogen-bond donors (Lipinski definition) is 1. The summed E-state index contributed by atoms with van der Waals surface area (Å²) in [5.74, 6) is 0.967. The largest absolute Gasteiger partial charge is 0.360 e. The van der Waals surface area contributed by atoms with E-state index < -0.39 is 0 Å². The first-order valence-corrected chi connectivity index (χ1v) is 6.17. The van der Waals surface area contributed by atoms with E-state index in [4.69, 9.17) is 4.52 Å². The van der Waals surface area contributed by atoms with Crippen LogP contribution in [-0.4, -0.2) is 55.2 Å². The third kappa shape index (κ3) is 3.28. The maximum absolute atomic E-state index is 5.33. The predicted molar refractivity (Wildman–Crippen MR) is 66.6 cm³/mol. The Morgan fingerprint density at radius 1 is 1.59 bits per heavy atom. The van der Waals surface area contributed by atoms with Crippen LogP contribution in [0.4, 0.5) is 0 Å². The van der Waals surface area contributed by atoms with E-state index in [9.17, 15) is 0 Å². The lowest BCUT2D eigenvalue weighted by atomic mass is 10.2. The molecular formula is C12H22N4O. The van der Waals surface area contributed by atoms with Crippen molar-refractivity contribution in [3.8, 4) is 0 Å². The van der Waals surface area contributed by atoms with Crippen LogP contribution in [0.25, 0.3) is 0 Å². The Morgan fingerprint density at radius 2 is 2.41 bits per heavy atom. The highest BCUT2D eigenvalue weighted by Gasteiger charge is 2.24. The van der Waals surface area contributed by atoms with Crippen molar-refractivity contribution in [3.05, 3.63) is 17.5 Å². The standard InChI is InChI=1S/C12H22N4O/c1-13-7-10-6-12(17-14-10)9-16-5-4-11(8-16)15(2)3/h6,11,13H,4-5,7-9H2,1-3H3. The van der Waals surface area contributed by atoms with E-state index in [1.807, 2.05) is 13.1 Å². The van der Waals surface area contributed by atoms with Gasteiger partial charge in [0.05, 0.1) is 12.2 Å². The van der Waals surface area contributed by atoms with Gasteiger partial charge in [-0.05, 0) is 27.6 Å². The van der Waals surface area contributed by atoms with Crippen molar-refractivity contribution in [2.45, 2.75) is 25.6 Å². The van der Waals surface area contributed by atoms with E-state index in [0.29, 0.717) is 6.04 Å². The number of rotatable bonds is 5. The van der Waals surface area contributed by atoms with Crippen molar-refractivity contribution in [2.75, 3.05) is 34.2 Å². The summed E-state index contributed by atoms with van der Waals surface area (Å²) in [7, 11) is 6.21. The van der Waals surface area contributed by atoms with Crippen LogP contribution in [0.5, 0.6) is 0 Å². The van der Waals surface area contributed by atoms with Crippen LogP contribution >= 0.6 is 0 Å². The van der Waals surface area contributed by atoms with Crippen molar-refractivity contribution >= 4 is 0 Å². The molecule has 96 valence electrons. The van der Waals surface area contributed by atoms with Gasteiger partial charge in [0.25, 0.3) is 0 Å². The molecule has 0 spiro atoms. The molecule has 1 aromatic rings. The van der Waals surface area contributed by atoms with Crippen LogP contribution in [0, 0.1) is 0 Å². The maximum atomic E-state index is 5.33. The summed E-state index contributed by atoms with van der Waals surface area (Å²) in [5.41, 5.74) is 0.978. The third-order valence-electron chi connectivity index (χ3n) is 3.32. The molecule has 0 saturated carbocycles. The van der Waals surface area contributed by atoms with Gasteiger partial charge in [0.2, 0.25) is 0 Å². The van der Waals surface area contributed by atoms with Crippen LogP contribution in [-0.2, 0) is 13.1 Å². The number of nitrogens with one attached hydrogen (secondary N) is 1. The molecule has 5 heteroatoms. The quantitative estimate of drug-likeness (QED) is 0.810. The Bertz CT molecular complexity index is 350. The molecule has 5 nitrogen and oxygen atoms in total. The van der Waals surface area contributed by atoms with Gasteiger partial charge in [-0.2, -0.15) is 0 Å². The molecule has 1 aromatic heterocycles. The van der Waals surface area contributed by atoms with E-state index in [1.54, 1.807) is 0 Å². The summed E-state index contributed by atoms with van der Waals surface area (Å²) in [4.78, 5) is 4.72. The van der Waals surface area contributed by atoms with E-state index in [2.05, 4.69) is 34.4 Å². The highest BCUT2D eigenvalue weighted by Crippen LogP contribution is 2.16. The van der Waals surface area contributed by atoms with Crippen LogP contribution < -0.4 is 5.32 Å². The molecule has 1 aliphatic rings. The van der Waals surface area contributed by atoms with Crippen LogP contribution in [0.3, 0.4) is 0 Å². The molecule has 1 N–H and O–H groups in total. The predicted octanol–water partition coefficient (Wildman–Crippen LogP) is 0.530. The Balaban J connectivity index is 1.84. The van der Waals surface area contributed by atoms with Gasteiger partial charge in [-0.1, -0.05) is 5.16 Å². The molecule has 0 radical (unpaired) electrons. The summed E-state index contributed by atoms with van der Waals surface area (Å²) < 4.78 is 5.33. The van der Waals surface area contributed by atoms with Gasteiger partial charge in [-0.15, -0.1) is 0 Å². The SMILES string of the molecule is CNCc1cc(CN2CCC(N(C)C)C2)on1. The maximum Gasteiger partial charge on any atom is 0.151 e. The molecule has 1 aliphatic heterocycles. The smallest absolute Gasteiger partial charge is 0.151 e. The fourth-order valence-electron chi connectivity index (χ4n) is 2.29. The molecule has 1 atom stereocenters. The summed E-state index contributed by atoms with van der Waals surface area (Å²) in [6.45, 7) is 3.91.